The molecule has 1 aromatic rings. The fourth-order valence-corrected chi connectivity index (χ4v) is 1.68. The van der Waals surface area contributed by atoms with E-state index in [2.05, 4.69) is 21.2 Å². The zero-order chi connectivity index (χ0) is 11.5. The van der Waals surface area contributed by atoms with E-state index in [-0.39, 0.29) is 5.82 Å². The Morgan fingerprint density at radius 2 is 2.20 bits per heavy atom. The number of halogens is 2. The molecule has 0 spiro atoms. The monoisotopic (exact) mass is 275 g/mol. The summed E-state index contributed by atoms with van der Waals surface area (Å²) in [5.74, 6) is -0.321. The molecular formula is C11H15BrFNO. The number of benzene rings is 1. The second-order valence-corrected chi connectivity index (χ2v) is 4.54. The molecule has 4 heteroatoms. The summed E-state index contributed by atoms with van der Waals surface area (Å²) >= 11 is 3.10. The molecule has 1 unspecified atom stereocenters. The van der Waals surface area contributed by atoms with Crippen LogP contribution in [0.2, 0.25) is 0 Å². The Kier molecular flexibility index (Phi) is 4.25. The van der Waals surface area contributed by atoms with Crippen LogP contribution in [0.1, 0.15) is 19.4 Å². The summed E-state index contributed by atoms with van der Waals surface area (Å²) in [6.45, 7) is 4.91. The smallest absolute Gasteiger partial charge is 0.137 e. The van der Waals surface area contributed by atoms with E-state index >= 15 is 0 Å². The Morgan fingerprint density at radius 3 is 2.73 bits per heavy atom. The lowest BCUT2D eigenvalue weighted by Gasteiger charge is -2.24. The number of hydrogen-bond donors (Lipinski definition) is 2. The number of hydrogen-bond acceptors (Lipinski definition) is 2. The van der Waals surface area contributed by atoms with Crippen LogP contribution in [0.4, 0.5) is 4.39 Å². The first-order valence-corrected chi connectivity index (χ1v) is 5.65. The highest BCUT2D eigenvalue weighted by atomic mass is 79.9. The minimum absolute atomic E-state index is 0.321. The van der Waals surface area contributed by atoms with Gasteiger partial charge in [0.1, 0.15) is 5.82 Å². The molecule has 2 N–H and O–H groups in total. The largest absolute Gasteiger partial charge is 0.384 e. The molecule has 0 heterocycles. The van der Waals surface area contributed by atoms with Crippen LogP contribution in [0.3, 0.4) is 0 Å². The molecule has 1 aromatic carbocycles. The van der Waals surface area contributed by atoms with Crippen molar-refractivity contribution in [3.05, 3.63) is 34.1 Å². The van der Waals surface area contributed by atoms with Crippen LogP contribution in [0, 0.1) is 5.82 Å². The van der Waals surface area contributed by atoms with Crippen LogP contribution in [0.5, 0.6) is 0 Å². The summed E-state index contributed by atoms with van der Waals surface area (Å²) in [5, 5.41) is 13.2. The first-order valence-electron chi connectivity index (χ1n) is 4.86. The Morgan fingerprint density at radius 1 is 1.53 bits per heavy atom. The summed E-state index contributed by atoms with van der Waals surface area (Å²) in [6, 6.07) is 4.55. The molecule has 0 aliphatic heterocycles. The van der Waals surface area contributed by atoms with E-state index in [4.69, 9.17) is 0 Å². The second-order valence-electron chi connectivity index (χ2n) is 3.68. The van der Waals surface area contributed by atoms with Crippen molar-refractivity contribution < 1.29 is 9.50 Å². The van der Waals surface area contributed by atoms with Gasteiger partial charge in [-0.1, -0.05) is 13.0 Å². The topological polar surface area (TPSA) is 32.3 Å². The fourth-order valence-electron chi connectivity index (χ4n) is 1.30. The molecule has 0 aliphatic rings. The van der Waals surface area contributed by atoms with E-state index in [1.807, 2.05) is 6.92 Å². The Labute approximate surface area is 97.6 Å². The number of aliphatic hydroxyl groups is 1. The zero-order valence-electron chi connectivity index (χ0n) is 8.85. The molecule has 0 amide bonds. The van der Waals surface area contributed by atoms with E-state index in [9.17, 15) is 9.50 Å². The van der Waals surface area contributed by atoms with Gasteiger partial charge < -0.3 is 10.4 Å². The maximum atomic E-state index is 13.0. The van der Waals surface area contributed by atoms with E-state index in [1.165, 1.54) is 6.07 Å². The summed E-state index contributed by atoms with van der Waals surface area (Å²) in [7, 11) is 0. The highest BCUT2D eigenvalue weighted by Crippen LogP contribution is 2.25. The van der Waals surface area contributed by atoms with Crippen molar-refractivity contribution in [3.8, 4) is 0 Å². The van der Waals surface area contributed by atoms with Crippen molar-refractivity contribution in [1.29, 1.82) is 0 Å². The molecule has 0 fully saturated rings. The SMILES string of the molecule is CCNCC(C)(O)c1ccc(F)c(Br)c1. The van der Waals surface area contributed by atoms with Crippen molar-refractivity contribution in [2.75, 3.05) is 13.1 Å². The molecule has 1 rings (SSSR count). The van der Waals surface area contributed by atoms with Gasteiger partial charge in [-0.2, -0.15) is 0 Å². The maximum Gasteiger partial charge on any atom is 0.137 e. The third-order valence-corrected chi connectivity index (χ3v) is 2.87. The average Bonchev–Trinajstić information content (AvgIpc) is 2.19. The Balaban J connectivity index is 2.89. The first-order chi connectivity index (χ1) is 6.97. The standard InChI is InChI=1S/C11H15BrFNO/c1-3-14-7-11(2,15)8-4-5-10(13)9(12)6-8/h4-6,14-15H,3,7H2,1-2H3. The van der Waals surface area contributed by atoms with Crippen molar-refractivity contribution in [2.45, 2.75) is 19.4 Å². The number of likely N-dealkylation sites (N-methyl/N-ethyl adjacent to an activating group) is 1. The molecule has 0 aromatic heterocycles. The van der Waals surface area contributed by atoms with E-state index in [0.717, 1.165) is 6.54 Å². The molecule has 1 atom stereocenters. The van der Waals surface area contributed by atoms with Gasteiger partial charge in [-0.25, -0.2) is 4.39 Å². The first kappa shape index (κ1) is 12.6. The van der Waals surface area contributed by atoms with Crippen LogP contribution < -0.4 is 5.32 Å². The molecule has 0 saturated heterocycles. The quantitative estimate of drug-likeness (QED) is 0.885. The van der Waals surface area contributed by atoms with Crippen molar-refractivity contribution >= 4 is 15.9 Å². The highest BCUT2D eigenvalue weighted by Gasteiger charge is 2.22. The molecule has 0 aliphatic carbocycles. The highest BCUT2D eigenvalue weighted by molar-refractivity contribution is 9.10. The van der Waals surface area contributed by atoms with Crippen LogP contribution in [0.25, 0.3) is 0 Å². The van der Waals surface area contributed by atoms with Gasteiger partial charge in [-0.3, -0.25) is 0 Å². The Bertz CT molecular complexity index is 341. The van der Waals surface area contributed by atoms with Gasteiger partial charge in [0.2, 0.25) is 0 Å². The molecule has 0 radical (unpaired) electrons. The summed E-state index contributed by atoms with van der Waals surface area (Å²) in [6.07, 6.45) is 0. The lowest BCUT2D eigenvalue weighted by Crippen LogP contribution is -2.35. The second kappa shape index (κ2) is 5.05. The predicted octanol–water partition coefficient (Wildman–Crippen LogP) is 2.41. The van der Waals surface area contributed by atoms with E-state index < -0.39 is 5.60 Å². The number of rotatable bonds is 4. The van der Waals surface area contributed by atoms with Crippen LogP contribution in [0.15, 0.2) is 22.7 Å². The minimum Gasteiger partial charge on any atom is -0.384 e. The van der Waals surface area contributed by atoms with Crippen molar-refractivity contribution in [2.24, 2.45) is 0 Å². The third kappa shape index (κ3) is 3.26. The van der Waals surface area contributed by atoms with Gasteiger partial charge in [0.25, 0.3) is 0 Å². The Hall–Kier alpha value is -0.450. The average molecular weight is 276 g/mol. The normalized spacial score (nSPS) is 15.0. The molecule has 15 heavy (non-hydrogen) atoms. The lowest BCUT2D eigenvalue weighted by atomic mass is 9.96. The third-order valence-electron chi connectivity index (χ3n) is 2.26. The lowest BCUT2D eigenvalue weighted by molar-refractivity contribution is 0.0575. The maximum absolute atomic E-state index is 13.0. The van der Waals surface area contributed by atoms with Gasteiger partial charge in [0, 0.05) is 6.54 Å². The predicted molar refractivity (Wildman–Crippen MR) is 62.2 cm³/mol. The zero-order valence-corrected chi connectivity index (χ0v) is 10.4. The van der Waals surface area contributed by atoms with Gasteiger partial charge in [-0.15, -0.1) is 0 Å². The fraction of sp³-hybridized carbons (Fsp3) is 0.455. The van der Waals surface area contributed by atoms with Crippen LogP contribution in [-0.4, -0.2) is 18.2 Å². The van der Waals surface area contributed by atoms with Crippen LogP contribution in [-0.2, 0) is 5.60 Å². The summed E-state index contributed by atoms with van der Waals surface area (Å²) in [5.41, 5.74) is -0.289. The van der Waals surface area contributed by atoms with Gasteiger partial charge in [0.05, 0.1) is 10.1 Å². The van der Waals surface area contributed by atoms with Crippen LogP contribution >= 0.6 is 15.9 Å². The van der Waals surface area contributed by atoms with E-state index in [0.29, 0.717) is 16.6 Å². The van der Waals surface area contributed by atoms with Crippen molar-refractivity contribution in [3.63, 3.8) is 0 Å². The minimum atomic E-state index is -0.980. The summed E-state index contributed by atoms with van der Waals surface area (Å²) in [4.78, 5) is 0. The molecule has 0 bridgehead atoms. The van der Waals surface area contributed by atoms with Gasteiger partial charge in [0.15, 0.2) is 0 Å². The van der Waals surface area contributed by atoms with E-state index in [1.54, 1.807) is 19.1 Å². The molecular weight excluding hydrogens is 261 g/mol. The molecule has 84 valence electrons. The number of nitrogens with one attached hydrogen (secondary N) is 1. The summed E-state index contributed by atoms with van der Waals surface area (Å²) < 4.78 is 13.4. The molecule has 0 saturated carbocycles. The van der Waals surface area contributed by atoms with Gasteiger partial charge >= 0.3 is 0 Å². The van der Waals surface area contributed by atoms with Crippen molar-refractivity contribution in [1.82, 2.24) is 5.32 Å². The van der Waals surface area contributed by atoms with Gasteiger partial charge in [-0.05, 0) is 47.1 Å². The molecule has 2 nitrogen and oxygen atoms in total.